The molecule has 4 heteroatoms. The summed E-state index contributed by atoms with van der Waals surface area (Å²) in [6, 6.07) is 9.98. The fourth-order valence-corrected chi connectivity index (χ4v) is 2.75. The highest BCUT2D eigenvalue weighted by molar-refractivity contribution is 5.87. The lowest BCUT2D eigenvalue weighted by atomic mass is 9.70. The van der Waals surface area contributed by atoms with Gasteiger partial charge in [-0.3, -0.25) is 10.2 Å². The number of nitrogens with one attached hydrogen (secondary N) is 1. The molecule has 0 radical (unpaired) electrons. The quantitative estimate of drug-likeness (QED) is 0.405. The first-order valence-corrected chi connectivity index (χ1v) is 6.03. The second kappa shape index (κ2) is 4.85. The Hall–Kier alpha value is -1.39. The van der Waals surface area contributed by atoms with E-state index in [0.29, 0.717) is 6.42 Å². The van der Waals surface area contributed by atoms with Crippen LogP contribution in [0.2, 0.25) is 0 Å². The molecule has 0 heterocycles. The van der Waals surface area contributed by atoms with Crippen LogP contribution in [0, 0.1) is 0 Å². The zero-order chi connectivity index (χ0) is 12.3. The van der Waals surface area contributed by atoms with E-state index in [2.05, 4.69) is 5.43 Å². The number of hydrogen-bond donors (Lipinski definition) is 3. The van der Waals surface area contributed by atoms with Gasteiger partial charge in [-0.15, -0.1) is 0 Å². The molecule has 92 valence electrons. The molecule has 1 aliphatic rings. The van der Waals surface area contributed by atoms with Crippen molar-refractivity contribution in [2.45, 2.75) is 37.1 Å². The molecule has 0 bridgehead atoms. The molecular weight excluding hydrogens is 214 g/mol. The Morgan fingerprint density at radius 3 is 2.65 bits per heavy atom. The molecule has 0 aromatic heterocycles. The van der Waals surface area contributed by atoms with E-state index >= 15 is 0 Å². The Kier molecular flexibility index (Phi) is 3.45. The van der Waals surface area contributed by atoms with Crippen LogP contribution in [0.25, 0.3) is 0 Å². The first-order chi connectivity index (χ1) is 8.18. The lowest BCUT2D eigenvalue weighted by molar-refractivity contribution is -0.128. The predicted octanol–water partition coefficient (Wildman–Crippen LogP) is 1.03. The van der Waals surface area contributed by atoms with Crippen molar-refractivity contribution < 1.29 is 4.79 Å². The van der Waals surface area contributed by atoms with E-state index in [4.69, 9.17) is 11.6 Å². The maximum atomic E-state index is 11.9. The second-order valence-corrected chi connectivity index (χ2v) is 4.72. The third kappa shape index (κ3) is 2.18. The minimum Gasteiger partial charge on any atom is -0.317 e. The maximum Gasteiger partial charge on any atom is 0.254 e. The van der Waals surface area contributed by atoms with Crippen LogP contribution in [-0.2, 0) is 4.79 Å². The molecule has 1 aliphatic carbocycles. The minimum absolute atomic E-state index is 0.0565. The van der Waals surface area contributed by atoms with Crippen molar-refractivity contribution in [3.8, 4) is 0 Å². The van der Waals surface area contributed by atoms with E-state index in [0.717, 1.165) is 24.8 Å². The Bertz CT molecular complexity index is 393. The lowest BCUT2D eigenvalue weighted by Gasteiger charge is -2.39. The van der Waals surface area contributed by atoms with Crippen LogP contribution in [0.1, 0.15) is 37.2 Å². The number of hydrogen-bond acceptors (Lipinski definition) is 3. The molecular formula is C13H19N3O. The van der Waals surface area contributed by atoms with Gasteiger partial charge in [0.15, 0.2) is 0 Å². The summed E-state index contributed by atoms with van der Waals surface area (Å²) < 4.78 is 0. The Morgan fingerprint density at radius 1 is 1.29 bits per heavy atom. The zero-order valence-corrected chi connectivity index (χ0v) is 9.86. The van der Waals surface area contributed by atoms with Gasteiger partial charge in [-0.05, 0) is 18.4 Å². The number of hydrazine groups is 1. The van der Waals surface area contributed by atoms with Gasteiger partial charge in [-0.2, -0.15) is 0 Å². The van der Waals surface area contributed by atoms with E-state index in [9.17, 15) is 4.79 Å². The highest BCUT2D eigenvalue weighted by Gasteiger charge is 2.43. The summed E-state index contributed by atoms with van der Waals surface area (Å²) in [6.07, 6.45) is 3.72. The van der Waals surface area contributed by atoms with Crippen LogP contribution in [0.3, 0.4) is 0 Å². The van der Waals surface area contributed by atoms with Gasteiger partial charge in [0.2, 0.25) is 0 Å². The molecule has 1 aromatic carbocycles. The van der Waals surface area contributed by atoms with Crippen LogP contribution in [0.15, 0.2) is 30.3 Å². The number of rotatable bonds is 2. The molecule has 0 spiro atoms. The van der Waals surface area contributed by atoms with E-state index in [1.54, 1.807) is 0 Å². The molecule has 5 N–H and O–H groups in total. The van der Waals surface area contributed by atoms with Crippen LogP contribution >= 0.6 is 0 Å². The summed E-state index contributed by atoms with van der Waals surface area (Å²) in [5.74, 6) is 5.05. The number of carbonyl (C=O) groups excluding carboxylic acids is 1. The summed E-state index contributed by atoms with van der Waals surface area (Å²) in [6.45, 7) is 0. The van der Waals surface area contributed by atoms with E-state index < -0.39 is 5.54 Å². The summed E-state index contributed by atoms with van der Waals surface area (Å²) >= 11 is 0. The molecule has 1 aromatic rings. The molecule has 1 saturated carbocycles. The van der Waals surface area contributed by atoms with Crippen molar-refractivity contribution in [3.05, 3.63) is 35.9 Å². The van der Waals surface area contributed by atoms with Gasteiger partial charge in [-0.25, -0.2) is 5.84 Å². The monoisotopic (exact) mass is 233 g/mol. The van der Waals surface area contributed by atoms with Gasteiger partial charge in [0.25, 0.3) is 5.91 Å². The molecule has 0 saturated heterocycles. The van der Waals surface area contributed by atoms with Crippen LogP contribution < -0.4 is 17.0 Å². The third-order valence-corrected chi connectivity index (χ3v) is 3.71. The Balaban J connectivity index is 2.33. The molecule has 0 aliphatic heterocycles. The highest BCUT2D eigenvalue weighted by atomic mass is 16.2. The predicted molar refractivity (Wildman–Crippen MR) is 66.9 cm³/mol. The molecule has 1 amide bonds. The van der Waals surface area contributed by atoms with Gasteiger partial charge < -0.3 is 5.73 Å². The molecule has 17 heavy (non-hydrogen) atoms. The summed E-state index contributed by atoms with van der Waals surface area (Å²) in [4.78, 5) is 11.9. The van der Waals surface area contributed by atoms with Crippen LogP contribution in [0.4, 0.5) is 0 Å². The zero-order valence-electron chi connectivity index (χ0n) is 9.86. The molecule has 1 fully saturated rings. The van der Waals surface area contributed by atoms with Crippen molar-refractivity contribution in [2.75, 3.05) is 0 Å². The van der Waals surface area contributed by atoms with Gasteiger partial charge in [0.05, 0.1) is 0 Å². The van der Waals surface area contributed by atoms with Crippen molar-refractivity contribution >= 4 is 5.91 Å². The van der Waals surface area contributed by atoms with E-state index in [1.807, 2.05) is 30.3 Å². The summed E-state index contributed by atoms with van der Waals surface area (Å²) in [5.41, 5.74) is 8.77. The third-order valence-electron chi connectivity index (χ3n) is 3.71. The number of carbonyl (C=O) groups is 1. The average Bonchev–Trinajstić information content (AvgIpc) is 2.39. The summed E-state index contributed by atoms with van der Waals surface area (Å²) in [5, 5.41) is 0. The van der Waals surface area contributed by atoms with Crippen molar-refractivity contribution in [3.63, 3.8) is 0 Å². The van der Waals surface area contributed by atoms with Gasteiger partial charge in [0.1, 0.15) is 5.54 Å². The van der Waals surface area contributed by atoms with Gasteiger partial charge >= 0.3 is 0 Å². The Labute approximate surface area is 101 Å². The first-order valence-electron chi connectivity index (χ1n) is 6.03. The second-order valence-electron chi connectivity index (χ2n) is 4.72. The Morgan fingerprint density at radius 2 is 2.00 bits per heavy atom. The van der Waals surface area contributed by atoms with Crippen LogP contribution in [-0.4, -0.2) is 11.4 Å². The van der Waals surface area contributed by atoms with Gasteiger partial charge in [0, 0.05) is 5.92 Å². The van der Waals surface area contributed by atoms with Crippen molar-refractivity contribution in [2.24, 2.45) is 11.6 Å². The van der Waals surface area contributed by atoms with Crippen molar-refractivity contribution in [1.82, 2.24) is 5.43 Å². The fraction of sp³-hybridized carbons (Fsp3) is 0.462. The molecule has 4 nitrogen and oxygen atoms in total. The molecule has 2 rings (SSSR count). The molecule has 2 atom stereocenters. The average molecular weight is 233 g/mol. The van der Waals surface area contributed by atoms with Gasteiger partial charge in [-0.1, -0.05) is 43.2 Å². The lowest BCUT2D eigenvalue weighted by Crippen LogP contribution is -2.60. The normalized spacial score (nSPS) is 28.7. The maximum absolute atomic E-state index is 11.9. The summed E-state index contributed by atoms with van der Waals surface area (Å²) in [7, 11) is 0. The first kappa shape index (κ1) is 12.1. The smallest absolute Gasteiger partial charge is 0.254 e. The highest BCUT2D eigenvalue weighted by Crippen LogP contribution is 2.39. The number of amides is 1. The van der Waals surface area contributed by atoms with Crippen molar-refractivity contribution in [1.29, 1.82) is 0 Å². The van der Waals surface area contributed by atoms with E-state index in [-0.39, 0.29) is 11.8 Å². The number of benzene rings is 1. The molecule has 2 unspecified atom stereocenters. The largest absolute Gasteiger partial charge is 0.317 e. The number of nitrogens with two attached hydrogens (primary N) is 2. The SMILES string of the molecule is NNC(=O)C1(N)CCCCC1c1ccccc1. The van der Waals surface area contributed by atoms with Crippen LogP contribution in [0.5, 0.6) is 0 Å². The fourth-order valence-electron chi connectivity index (χ4n) is 2.75. The standard InChI is InChI=1S/C13H19N3O/c14-13(12(17)16-15)9-5-4-8-11(13)10-6-2-1-3-7-10/h1-3,6-7,11H,4-5,8-9,14-15H2,(H,16,17). The van der Waals surface area contributed by atoms with E-state index in [1.165, 1.54) is 0 Å². The minimum atomic E-state index is -0.867. The topological polar surface area (TPSA) is 81.1 Å².